The Hall–Kier alpha value is -0.890. The van der Waals surface area contributed by atoms with Crippen molar-refractivity contribution in [3.8, 4) is 0 Å². The van der Waals surface area contributed by atoms with Crippen LogP contribution < -0.4 is 5.73 Å². The topological polar surface area (TPSA) is 26.0 Å². The number of alkyl halides is 1. The molecule has 2 N–H and O–H groups in total. The van der Waals surface area contributed by atoms with Crippen LogP contribution in [0.2, 0.25) is 0 Å². The second-order valence-corrected chi connectivity index (χ2v) is 3.02. The summed E-state index contributed by atoms with van der Waals surface area (Å²) in [5.74, 6) is -1.57. The molecule has 1 aromatic rings. The van der Waals surface area contributed by atoms with E-state index in [9.17, 15) is 4.39 Å². The van der Waals surface area contributed by atoms with E-state index in [-0.39, 0.29) is 0 Å². The SMILES string of the molecule is NC1(F)CCc2ccccc21. The fourth-order valence-corrected chi connectivity index (χ4v) is 1.60. The highest BCUT2D eigenvalue weighted by Crippen LogP contribution is 2.35. The van der Waals surface area contributed by atoms with E-state index in [0.29, 0.717) is 12.0 Å². The molecular weight excluding hydrogens is 141 g/mol. The Labute approximate surface area is 65.0 Å². The van der Waals surface area contributed by atoms with Gasteiger partial charge in [-0.1, -0.05) is 24.3 Å². The molecule has 1 nitrogen and oxygen atoms in total. The van der Waals surface area contributed by atoms with Crippen molar-refractivity contribution in [2.24, 2.45) is 5.73 Å². The Kier molecular flexibility index (Phi) is 1.26. The lowest BCUT2D eigenvalue weighted by Gasteiger charge is -2.13. The zero-order valence-electron chi connectivity index (χ0n) is 6.18. The lowest BCUT2D eigenvalue weighted by molar-refractivity contribution is 0.176. The van der Waals surface area contributed by atoms with Crippen molar-refractivity contribution < 1.29 is 4.39 Å². The number of fused-ring (bicyclic) bond motifs is 1. The molecule has 1 atom stereocenters. The number of nitrogens with two attached hydrogens (primary N) is 1. The first kappa shape index (κ1) is 6.80. The third-order valence-corrected chi connectivity index (χ3v) is 2.22. The largest absolute Gasteiger partial charge is 0.295 e. The van der Waals surface area contributed by atoms with Crippen LogP contribution in [0.1, 0.15) is 17.5 Å². The zero-order valence-corrected chi connectivity index (χ0v) is 6.18. The Morgan fingerprint density at radius 2 is 2.09 bits per heavy atom. The molecule has 0 spiro atoms. The molecular formula is C9H10FN. The van der Waals surface area contributed by atoms with Crippen molar-refractivity contribution in [1.29, 1.82) is 0 Å². The van der Waals surface area contributed by atoms with Gasteiger partial charge in [0.25, 0.3) is 0 Å². The van der Waals surface area contributed by atoms with E-state index >= 15 is 0 Å². The second kappa shape index (κ2) is 2.05. The molecule has 1 unspecified atom stereocenters. The Bertz CT molecular complexity index is 281. The lowest BCUT2D eigenvalue weighted by Crippen LogP contribution is -2.27. The molecule has 0 fully saturated rings. The normalized spacial score (nSPS) is 28.5. The predicted octanol–water partition coefficient (Wildman–Crippen LogP) is 1.71. The first-order valence-electron chi connectivity index (χ1n) is 3.76. The lowest BCUT2D eigenvalue weighted by atomic mass is 10.1. The summed E-state index contributed by atoms with van der Waals surface area (Å²) in [5.41, 5.74) is 7.14. The van der Waals surface area contributed by atoms with Crippen LogP contribution in [0.3, 0.4) is 0 Å². The smallest absolute Gasteiger partial charge is 0.185 e. The number of benzene rings is 1. The minimum Gasteiger partial charge on any atom is -0.295 e. The van der Waals surface area contributed by atoms with Gasteiger partial charge in [-0.15, -0.1) is 0 Å². The average molecular weight is 151 g/mol. The quantitative estimate of drug-likeness (QED) is 0.561. The van der Waals surface area contributed by atoms with Crippen molar-refractivity contribution in [3.63, 3.8) is 0 Å². The van der Waals surface area contributed by atoms with E-state index in [1.165, 1.54) is 0 Å². The molecule has 0 saturated carbocycles. The van der Waals surface area contributed by atoms with Gasteiger partial charge in [-0.25, -0.2) is 4.39 Å². The molecule has 2 heteroatoms. The van der Waals surface area contributed by atoms with Crippen LogP contribution in [0, 0.1) is 0 Å². The maximum Gasteiger partial charge on any atom is 0.185 e. The van der Waals surface area contributed by atoms with Gasteiger partial charge in [0, 0.05) is 12.0 Å². The highest BCUT2D eigenvalue weighted by Gasteiger charge is 2.34. The maximum absolute atomic E-state index is 13.4. The van der Waals surface area contributed by atoms with Gasteiger partial charge in [-0.2, -0.15) is 0 Å². The van der Waals surface area contributed by atoms with Gasteiger partial charge in [-0.3, -0.25) is 5.73 Å². The predicted molar refractivity (Wildman–Crippen MR) is 41.7 cm³/mol. The molecule has 1 aliphatic rings. The second-order valence-electron chi connectivity index (χ2n) is 3.02. The molecule has 0 amide bonds. The minimum absolute atomic E-state index is 0.423. The summed E-state index contributed by atoms with van der Waals surface area (Å²) in [4.78, 5) is 0. The van der Waals surface area contributed by atoms with E-state index in [1.807, 2.05) is 18.2 Å². The van der Waals surface area contributed by atoms with E-state index in [4.69, 9.17) is 5.73 Å². The summed E-state index contributed by atoms with van der Waals surface area (Å²) in [7, 11) is 0. The zero-order chi connectivity index (χ0) is 7.90. The first-order valence-corrected chi connectivity index (χ1v) is 3.76. The van der Waals surface area contributed by atoms with Crippen molar-refractivity contribution in [2.75, 3.05) is 0 Å². The fraction of sp³-hybridized carbons (Fsp3) is 0.333. The Balaban J connectivity index is 2.56. The van der Waals surface area contributed by atoms with Crippen LogP contribution in [0.25, 0.3) is 0 Å². The van der Waals surface area contributed by atoms with Crippen molar-refractivity contribution in [1.82, 2.24) is 0 Å². The van der Waals surface area contributed by atoms with Crippen molar-refractivity contribution in [2.45, 2.75) is 18.6 Å². The number of hydrogen-bond donors (Lipinski definition) is 1. The van der Waals surface area contributed by atoms with Crippen LogP contribution in [0.5, 0.6) is 0 Å². The van der Waals surface area contributed by atoms with Crippen LogP contribution in [-0.2, 0) is 12.2 Å². The van der Waals surface area contributed by atoms with Gasteiger partial charge in [0.15, 0.2) is 5.79 Å². The van der Waals surface area contributed by atoms with E-state index in [0.717, 1.165) is 12.0 Å². The van der Waals surface area contributed by atoms with Crippen LogP contribution in [-0.4, -0.2) is 0 Å². The summed E-state index contributed by atoms with van der Waals surface area (Å²) < 4.78 is 13.4. The van der Waals surface area contributed by atoms with E-state index < -0.39 is 5.79 Å². The summed E-state index contributed by atoms with van der Waals surface area (Å²) >= 11 is 0. The number of halogens is 1. The first-order chi connectivity index (χ1) is 5.20. The van der Waals surface area contributed by atoms with Crippen LogP contribution in [0.15, 0.2) is 24.3 Å². The maximum atomic E-state index is 13.4. The summed E-state index contributed by atoms with van der Waals surface area (Å²) in [6.45, 7) is 0. The molecule has 0 saturated heterocycles. The van der Waals surface area contributed by atoms with Gasteiger partial charge in [0.05, 0.1) is 0 Å². The third-order valence-electron chi connectivity index (χ3n) is 2.22. The molecule has 1 aromatic carbocycles. The average Bonchev–Trinajstić information content (AvgIpc) is 2.29. The van der Waals surface area contributed by atoms with Gasteiger partial charge >= 0.3 is 0 Å². The Morgan fingerprint density at radius 3 is 2.82 bits per heavy atom. The number of hydrogen-bond acceptors (Lipinski definition) is 1. The van der Waals surface area contributed by atoms with Gasteiger partial charge in [0.2, 0.25) is 0 Å². The molecule has 11 heavy (non-hydrogen) atoms. The van der Waals surface area contributed by atoms with Gasteiger partial charge in [0.1, 0.15) is 0 Å². The van der Waals surface area contributed by atoms with Crippen LogP contribution >= 0.6 is 0 Å². The molecule has 58 valence electrons. The van der Waals surface area contributed by atoms with Gasteiger partial charge < -0.3 is 0 Å². The molecule has 0 radical (unpaired) electrons. The monoisotopic (exact) mass is 151 g/mol. The molecule has 2 rings (SSSR count). The van der Waals surface area contributed by atoms with E-state index in [2.05, 4.69) is 0 Å². The Morgan fingerprint density at radius 1 is 1.36 bits per heavy atom. The third kappa shape index (κ3) is 0.942. The number of rotatable bonds is 0. The minimum atomic E-state index is -1.57. The molecule has 0 aliphatic heterocycles. The summed E-state index contributed by atoms with van der Waals surface area (Å²) in [6.07, 6.45) is 1.19. The van der Waals surface area contributed by atoms with E-state index in [1.54, 1.807) is 6.07 Å². The summed E-state index contributed by atoms with van der Waals surface area (Å²) in [5, 5.41) is 0. The highest BCUT2D eigenvalue weighted by molar-refractivity contribution is 5.36. The molecule has 0 heterocycles. The fourth-order valence-electron chi connectivity index (χ4n) is 1.60. The highest BCUT2D eigenvalue weighted by atomic mass is 19.1. The van der Waals surface area contributed by atoms with Crippen molar-refractivity contribution >= 4 is 0 Å². The molecule has 0 aromatic heterocycles. The number of aryl methyl sites for hydroxylation is 1. The molecule has 1 aliphatic carbocycles. The van der Waals surface area contributed by atoms with Crippen molar-refractivity contribution in [3.05, 3.63) is 35.4 Å². The standard InChI is InChI=1S/C9H10FN/c10-9(11)6-5-7-3-1-2-4-8(7)9/h1-4H,5-6,11H2. The van der Waals surface area contributed by atoms with Crippen LogP contribution in [0.4, 0.5) is 4.39 Å². The summed E-state index contributed by atoms with van der Waals surface area (Å²) in [6, 6.07) is 7.44. The molecule has 0 bridgehead atoms. The van der Waals surface area contributed by atoms with Gasteiger partial charge in [-0.05, 0) is 12.0 Å².